The summed E-state index contributed by atoms with van der Waals surface area (Å²) in [7, 11) is 1.65. The standard InChI is InChI=1S/C20H18N4OS/c1-3-13-4-9-17-18(12-13)26-20(21-17)22-19-11-10-16(23-24-19)14-5-7-15(25-2)8-6-14/h4-12H,3H2,1-2H3,(H,21,22,24). The summed E-state index contributed by atoms with van der Waals surface area (Å²) in [4.78, 5) is 4.61. The van der Waals surface area contributed by atoms with Crippen LogP contribution in [0.25, 0.3) is 21.5 Å². The van der Waals surface area contributed by atoms with Gasteiger partial charge in [0.1, 0.15) is 5.75 Å². The maximum atomic E-state index is 5.18. The Hall–Kier alpha value is -2.99. The van der Waals surface area contributed by atoms with E-state index in [4.69, 9.17) is 4.74 Å². The number of hydrogen-bond acceptors (Lipinski definition) is 6. The number of hydrogen-bond donors (Lipinski definition) is 1. The molecule has 4 aromatic rings. The summed E-state index contributed by atoms with van der Waals surface area (Å²) in [5.41, 5.74) is 4.13. The number of nitrogens with one attached hydrogen (secondary N) is 1. The van der Waals surface area contributed by atoms with Crippen molar-refractivity contribution in [3.8, 4) is 17.0 Å². The first kappa shape index (κ1) is 16.5. The van der Waals surface area contributed by atoms with Gasteiger partial charge in [0.15, 0.2) is 10.9 Å². The molecule has 0 bridgehead atoms. The van der Waals surface area contributed by atoms with Crippen molar-refractivity contribution < 1.29 is 4.74 Å². The highest BCUT2D eigenvalue weighted by Crippen LogP contribution is 2.29. The Balaban J connectivity index is 1.53. The Morgan fingerprint density at radius 3 is 2.54 bits per heavy atom. The highest BCUT2D eigenvalue weighted by atomic mass is 32.1. The molecule has 2 heterocycles. The third-order valence-electron chi connectivity index (χ3n) is 4.15. The van der Waals surface area contributed by atoms with Crippen LogP contribution in [0.5, 0.6) is 5.75 Å². The molecular weight excluding hydrogens is 344 g/mol. The fraction of sp³-hybridized carbons (Fsp3) is 0.150. The minimum Gasteiger partial charge on any atom is -0.497 e. The molecule has 0 fully saturated rings. The monoisotopic (exact) mass is 362 g/mol. The summed E-state index contributed by atoms with van der Waals surface area (Å²) in [6, 6.07) is 18.0. The number of aromatic nitrogens is 3. The van der Waals surface area contributed by atoms with Gasteiger partial charge in [-0.1, -0.05) is 24.3 Å². The van der Waals surface area contributed by atoms with Crippen molar-refractivity contribution in [2.45, 2.75) is 13.3 Å². The van der Waals surface area contributed by atoms with Crippen molar-refractivity contribution in [1.82, 2.24) is 15.2 Å². The Bertz CT molecular complexity index is 1030. The number of nitrogens with zero attached hydrogens (tertiary/aromatic N) is 3. The van der Waals surface area contributed by atoms with Crippen LogP contribution in [0, 0.1) is 0 Å². The van der Waals surface area contributed by atoms with Gasteiger partial charge in [-0.3, -0.25) is 0 Å². The number of anilines is 2. The van der Waals surface area contributed by atoms with E-state index in [1.54, 1.807) is 18.4 Å². The Morgan fingerprint density at radius 1 is 1.00 bits per heavy atom. The molecule has 4 rings (SSSR count). The fourth-order valence-electron chi connectivity index (χ4n) is 2.67. The number of aryl methyl sites for hydroxylation is 1. The van der Waals surface area contributed by atoms with Gasteiger partial charge < -0.3 is 10.1 Å². The molecule has 130 valence electrons. The van der Waals surface area contributed by atoms with Gasteiger partial charge in [-0.2, -0.15) is 0 Å². The van der Waals surface area contributed by atoms with Gasteiger partial charge in [0.05, 0.1) is 23.0 Å². The van der Waals surface area contributed by atoms with Gasteiger partial charge in [-0.25, -0.2) is 4.98 Å². The number of fused-ring (bicyclic) bond motifs is 1. The van der Waals surface area contributed by atoms with E-state index in [0.29, 0.717) is 5.82 Å². The predicted molar refractivity (Wildman–Crippen MR) is 106 cm³/mol. The molecule has 0 unspecified atom stereocenters. The van der Waals surface area contributed by atoms with Gasteiger partial charge in [0, 0.05) is 5.56 Å². The summed E-state index contributed by atoms with van der Waals surface area (Å²) < 4.78 is 6.35. The molecule has 0 spiro atoms. The van der Waals surface area contributed by atoms with Crippen LogP contribution in [0.2, 0.25) is 0 Å². The zero-order valence-electron chi connectivity index (χ0n) is 14.6. The highest BCUT2D eigenvalue weighted by Gasteiger charge is 2.07. The Labute approximate surface area is 155 Å². The van der Waals surface area contributed by atoms with Crippen molar-refractivity contribution in [2.24, 2.45) is 0 Å². The van der Waals surface area contributed by atoms with E-state index in [1.807, 2.05) is 36.4 Å². The SMILES string of the molecule is CCc1ccc2nc(Nc3ccc(-c4ccc(OC)cc4)nn3)sc2c1. The number of benzene rings is 2. The molecule has 0 aliphatic rings. The van der Waals surface area contributed by atoms with Crippen LogP contribution >= 0.6 is 11.3 Å². The van der Waals surface area contributed by atoms with Crippen molar-refractivity contribution in [3.63, 3.8) is 0 Å². The molecule has 1 N–H and O–H groups in total. The van der Waals surface area contributed by atoms with Crippen molar-refractivity contribution in [3.05, 3.63) is 60.2 Å². The molecule has 0 aliphatic heterocycles. The zero-order chi connectivity index (χ0) is 17.9. The lowest BCUT2D eigenvalue weighted by molar-refractivity contribution is 0.415. The Morgan fingerprint density at radius 2 is 1.85 bits per heavy atom. The van der Waals surface area contributed by atoms with Crippen molar-refractivity contribution in [1.29, 1.82) is 0 Å². The molecule has 26 heavy (non-hydrogen) atoms. The average Bonchev–Trinajstić information content (AvgIpc) is 3.10. The molecule has 2 aromatic carbocycles. The molecule has 2 aromatic heterocycles. The third-order valence-corrected chi connectivity index (χ3v) is 5.08. The molecule has 0 radical (unpaired) electrons. The van der Waals surface area contributed by atoms with E-state index in [-0.39, 0.29) is 0 Å². The van der Waals surface area contributed by atoms with Gasteiger partial charge in [-0.15, -0.1) is 10.2 Å². The second kappa shape index (κ2) is 7.09. The summed E-state index contributed by atoms with van der Waals surface area (Å²) >= 11 is 1.62. The first-order valence-corrected chi connectivity index (χ1v) is 9.21. The van der Waals surface area contributed by atoms with Crippen LogP contribution in [-0.2, 0) is 6.42 Å². The second-order valence-corrected chi connectivity index (χ2v) is 6.86. The quantitative estimate of drug-likeness (QED) is 0.537. The lowest BCUT2D eigenvalue weighted by Crippen LogP contribution is -1.96. The van der Waals surface area contributed by atoms with Crippen LogP contribution < -0.4 is 10.1 Å². The third kappa shape index (κ3) is 3.36. The fourth-order valence-corrected chi connectivity index (χ4v) is 3.60. The number of rotatable bonds is 5. The summed E-state index contributed by atoms with van der Waals surface area (Å²) in [6.07, 6.45) is 1.02. The van der Waals surface area contributed by atoms with Crippen molar-refractivity contribution in [2.75, 3.05) is 12.4 Å². The van der Waals surface area contributed by atoms with E-state index >= 15 is 0 Å². The average molecular weight is 362 g/mol. The maximum absolute atomic E-state index is 5.18. The normalized spacial score (nSPS) is 10.8. The molecular formula is C20H18N4OS. The zero-order valence-corrected chi connectivity index (χ0v) is 15.4. The highest BCUT2D eigenvalue weighted by molar-refractivity contribution is 7.22. The van der Waals surface area contributed by atoms with Crippen LogP contribution in [-0.4, -0.2) is 22.3 Å². The topological polar surface area (TPSA) is 59.9 Å². The molecule has 0 atom stereocenters. The van der Waals surface area contributed by atoms with Crippen LogP contribution in [0.15, 0.2) is 54.6 Å². The molecule has 5 nitrogen and oxygen atoms in total. The summed E-state index contributed by atoms with van der Waals surface area (Å²) in [5.74, 6) is 1.50. The van der Waals surface area contributed by atoms with Gasteiger partial charge in [-0.05, 0) is 60.5 Å². The summed E-state index contributed by atoms with van der Waals surface area (Å²) in [5, 5.41) is 12.6. The predicted octanol–water partition coefficient (Wildman–Crippen LogP) is 5.07. The molecule has 0 amide bonds. The van der Waals surface area contributed by atoms with Crippen LogP contribution in [0.3, 0.4) is 0 Å². The molecule has 0 aliphatic carbocycles. The van der Waals surface area contributed by atoms with E-state index < -0.39 is 0 Å². The second-order valence-electron chi connectivity index (χ2n) is 5.83. The molecule has 0 saturated carbocycles. The van der Waals surface area contributed by atoms with Crippen LogP contribution in [0.4, 0.5) is 10.9 Å². The first-order chi connectivity index (χ1) is 12.7. The van der Waals surface area contributed by atoms with Crippen LogP contribution in [0.1, 0.15) is 12.5 Å². The number of thiazole rings is 1. The molecule has 6 heteroatoms. The van der Waals surface area contributed by atoms with Gasteiger partial charge in [0.2, 0.25) is 0 Å². The lowest BCUT2D eigenvalue weighted by Gasteiger charge is -2.04. The van der Waals surface area contributed by atoms with E-state index in [0.717, 1.165) is 34.1 Å². The van der Waals surface area contributed by atoms with E-state index in [1.165, 1.54) is 10.3 Å². The van der Waals surface area contributed by atoms with Gasteiger partial charge in [0.25, 0.3) is 0 Å². The van der Waals surface area contributed by atoms with Gasteiger partial charge >= 0.3 is 0 Å². The lowest BCUT2D eigenvalue weighted by atomic mass is 10.1. The first-order valence-electron chi connectivity index (χ1n) is 8.40. The van der Waals surface area contributed by atoms with Crippen molar-refractivity contribution >= 4 is 32.5 Å². The number of ether oxygens (including phenoxy) is 1. The van der Waals surface area contributed by atoms with E-state index in [9.17, 15) is 0 Å². The maximum Gasteiger partial charge on any atom is 0.189 e. The van der Waals surface area contributed by atoms with E-state index in [2.05, 4.69) is 45.6 Å². The number of methoxy groups -OCH3 is 1. The molecule has 0 saturated heterocycles. The Kier molecular flexibility index (Phi) is 4.50. The minimum absolute atomic E-state index is 0.678. The minimum atomic E-state index is 0.678. The smallest absolute Gasteiger partial charge is 0.189 e. The largest absolute Gasteiger partial charge is 0.497 e. The summed E-state index contributed by atoms with van der Waals surface area (Å²) in [6.45, 7) is 2.15.